The van der Waals surface area contributed by atoms with E-state index in [-0.39, 0.29) is 5.91 Å². The van der Waals surface area contributed by atoms with Crippen LogP contribution < -0.4 is 20.5 Å². The highest BCUT2D eigenvalue weighted by molar-refractivity contribution is 5.97. The van der Waals surface area contributed by atoms with Gasteiger partial charge in [0.05, 0.1) is 19.3 Å². The molecule has 0 aliphatic heterocycles. The van der Waals surface area contributed by atoms with E-state index in [9.17, 15) is 4.79 Å². The van der Waals surface area contributed by atoms with Crippen molar-refractivity contribution in [3.8, 4) is 11.5 Å². The van der Waals surface area contributed by atoms with Crippen LogP contribution in [0.25, 0.3) is 0 Å². The molecule has 0 heterocycles. The largest absolute Gasteiger partial charge is 0.493 e. The molecule has 0 spiro atoms. The predicted molar refractivity (Wildman–Crippen MR) is 71.1 cm³/mol. The highest BCUT2D eigenvalue weighted by Gasteiger charge is 2.22. The van der Waals surface area contributed by atoms with Crippen LogP contribution in [0.1, 0.15) is 20.8 Å². The van der Waals surface area contributed by atoms with Gasteiger partial charge in [-0.3, -0.25) is 4.79 Å². The summed E-state index contributed by atoms with van der Waals surface area (Å²) < 4.78 is 10.6. The number of rotatable bonds is 5. The zero-order valence-corrected chi connectivity index (χ0v) is 11.2. The highest BCUT2D eigenvalue weighted by Crippen LogP contribution is 2.30. The number of benzene rings is 1. The number of nitrogens with two attached hydrogens (primary N) is 1. The zero-order chi connectivity index (χ0) is 13.8. The lowest BCUT2D eigenvalue weighted by molar-refractivity contribution is -0.120. The van der Waals surface area contributed by atoms with Crippen molar-refractivity contribution in [1.29, 1.82) is 0 Å². The Bertz CT molecular complexity index is 425. The Morgan fingerprint density at radius 1 is 1.39 bits per heavy atom. The van der Waals surface area contributed by atoms with Gasteiger partial charge in [-0.05, 0) is 32.9 Å². The van der Waals surface area contributed by atoms with Crippen LogP contribution in [0, 0.1) is 0 Å². The number of carbonyl (C=O) groups excluding carboxylic acids is 1. The molecule has 0 unspecified atom stereocenters. The van der Waals surface area contributed by atoms with E-state index in [0.717, 1.165) is 0 Å². The van der Waals surface area contributed by atoms with Crippen molar-refractivity contribution in [3.05, 3.63) is 18.2 Å². The number of methoxy groups -OCH3 is 1. The summed E-state index contributed by atoms with van der Waals surface area (Å²) in [5.74, 6) is 0.961. The van der Waals surface area contributed by atoms with Crippen LogP contribution in [-0.2, 0) is 4.79 Å². The topological polar surface area (TPSA) is 73.6 Å². The first-order valence-corrected chi connectivity index (χ1v) is 5.79. The highest BCUT2D eigenvalue weighted by atomic mass is 16.5. The molecule has 1 rings (SSSR count). The van der Waals surface area contributed by atoms with Crippen LogP contribution in [0.2, 0.25) is 0 Å². The van der Waals surface area contributed by atoms with Gasteiger partial charge in [0.2, 0.25) is 5.91 Å². The third-order valence-electron chi connectivity index (χ3n) is 2.31. The van der Waals surface area contributed by atoms with Gasteiger partial charge in [0.1, 0.15) is 0 Å². The van der Waals surface area contributed by atoms with Gasteiger partial charge in [0.15, 0.2) is 11.5 Å². The molecule has 1 amide bonds. The lowest BCUT2D eigenvalue weighted by atomic mass is 10.1. The van der Waals surface area contributed by atoms with E-state index in [1.54, 1.807) is 39.2 Å². The van der Waals surface area contributed by atoms with Crippen molar-refractivity contribution in [1.82, 2.24) is 0 Å². The molecule has 0 atom stereocenters. The maximum Gasteiger partial charge on any atom is 0.243 e. The molecule has 1 aromatic rings. The molecule has 1 aromatic carbocycles. The number of amides is 1. The van der Waals surface area contributed by atoms with Gasteiger partial charge in [-0.15, -0.1) is 0 Å². The van der Waals surface area contributed by atoms with Gasteiger partial charge in [0.25, 0.3) is 0 Å². The summed E-state index contributed by atoms with van der Waals surface area (Å²) in [5.41, 5.74) is 5.41. The SMILES string of the molecule is CCOc1ccc(NC(=O)C(C)(C)N)cc1OC. The van der Waals surface area contributed by atoms with Gasteiger partial charge in [-0.2, -0.15) is 0 Å². The molecular formula is C13H20N2O3. The average molecular weight is 252 g/mol. The van der Waals surface area contributed by atoms with E-state index in [1.807, 2.05) is 6.92 Å². The summed E-state index contributed by atoms with van der Waals surface area (Å²) in [6.45, 7) is 5.74. The van der Waals surface area contributed by atoms with Gasteiger partial charge in [-0.1, -0.05) is 0 Å². The van der Waals surface area contributed by atoms with Crippen molar-refractivity contribution >= 4 is 11.6 Å². The predicted octanol–water partition coefficient (Wildman–Crippen LogP) is 1.77. The molecule has 5 nitrogen and oxygen atoms in total. The molecule has 0 fully saturated rings. The van der Waals surface area contributed by atoms with Crippen LogP contribution in [-0.4, -0.2) is 25.2 Å². The van der Waals surface area contributed by atoms with Crippen molar-refractivity contribution in [2.75, 3.05) is 19.0 Å². The Balaban J connectivity index is 2.89. The maximum atomic E-state index is 11.7. The third kappa shape index (κ3) is 3.63. The van der Waals surface area contributed by atoms with E-state index in [1.165, 1.54) is 0 Å². The van der Waals surface area contributed by atoms with E-state index in [4.69, 9.17) is 15.2 Å². The fraction of sp³-hybridized carbons (Fsp3) is 0.462. The lowest BCUT2D eigenvalue weighted by Crippen LogP contribution is -2.45. The second kappa shape index (κ2) is 5.73. The summed E-state index contributed by atoms with van der Waals surface area (Å²) in [7, 11) is 1.55. The van der Waals surface area contributed by atoms with Crippen molar-refractivity contribution in [2.24, 2.45) is 5.73 Å². The molecular weight excluding hydrogens is 232 g/mol. The first-order chi connectivity index (χ1) is 8.38. The Hall–Kier alpha value is -1.75. The van der Waals surface area contributed by atoms with E-state index < -0.39 is 5.54 Å². The summed E-state index contributed by atoms with van der Waals surface area (Å²) in [4.78, 5) is 11.7. The average Bonchev–Trinajstić information content (AvgIpc) is 2.30. The van der Waals surface area contributed by atoms with Gasteiger partial charge < -0.3 is 20.5 Å². The van der Waals surface area contributed by atoms with Crippen molar-refractivity contribution in [2.45, 2.75) is 26.3 Å². The Kier molecular flexibility index (Phi) is 4.55. The number of ether oxygens (including phenoxy) is 2. The quantitative estimate of drug-likeness (QED) is 0.837. The standard InChI is InChI=1S/C13H20N2O3/c1-5-18-10-7-6-9(8-11(10)17-4)15-12(16)13(2,3)14/h6-8H,5,14H2,1-4H3,(H,15,16). The Morgan fingerprint density at radius 3 is 2.56 bits per heavy atom. The van der Waals surface area contributed by atoms with E-state index in [0.29, 0.717) is 23.8 Å². The number of carbonyl (C=O) groups is 1. The molecule has 0 aromatic heterocycles. The summed E-state index contributed by atoms with van der Waals surface area (Å²) in [6.07, 6.45) is 0. The van der Waals surface area contributed by atoms with Crippen LogP contribution in [0.15, 0.2) is 18.2 Å². The molecule has 0 saturated heterocycles. The van der Waals surface area contributed by atoms with Gasteiger partial charge >= 0.3 is 0 Å². The zero-order valence-electron chi connectivity index (χ0n) is 11.2. The molecule has 18 heavy (non-hydrogen) atoms. The Labute approximate surface area is 107 Å². The van der Waals surface area contributed by atoms with Crippen LogP contribution in [0.3, 0.4) is 0 Å². The number of hydrogen-bond acceptors (Lipinski definition) is 4. The van der Waals surface area contributed by atoms with Crippen LogP contribution in [0.5, 0.6) is 11.5 Å². The fourth-order valence-electron chi connectivity index (χ4n) is 1.31. The summed E-state index contributed by atoms with van der Waals surface area (Å²) in [5, 5.41) is 2.73. The monoisotopic (exact) mass is 252 g/mol. The molecule has 100 valence electrons. The molecule has 0 saturated carbocycles. The van der Waals surface area contributed by atoms with Gasteiger partial charge in [-0.25, -0.2) is 0 Å². The first kappa shape index (κ1) is 14.3. The molecule has 5 heteroatoms. The molecule has 3 N–H and O–H groups in total. The van der Waals surface area contributed by atoms with Gasteiger partial charge in [0, 0.05) is 11.8 Å². The smallest absolute Gasteiger partial charge is 0.243 e. The minimum atomic E-state index is -0.925. The van der Waals surface area contributed by atoms with Crippen LogP contribution >= 0.6 is 0 Å². The minimum absolute atomic E-state index is 0.256. The Morgan fingerprint density at radius 2 is 2.06 bits per heavy atom. The summed E-state index contributed by atoms with van der Waals surface area (Å²) in [6, 6.07) is 5.20. The molecule has 0 radical (unpaired) electrons. The van der Waals surface area contributed by atoms with Crippen molar-refractivity contribution < 1.29 is 14.3 Å². The van der Waals surface area contributed by atoms with Crippen LogP contribution in [0.4, 0.5) is 5.69 Å². The fourth-order valence-corrected chi connectivity index (χ4v) is 1.31. The maximum absolute atomic E-state index is 11.7. The third-order valence-corrected chi connectivity index (χ3v) is 2.31. The molecule has 0 bridgehead atoms. The normalized spacial score (nSPS) is 10.9. The lowest BCUT2D eigenvalue weighted by Gasteiger charge is -2.18. The first-order valence-electron chi connectivity index (χ1n) is 5.79. The second-order valence-corrected chi connectivity index (χ2v) is 4.47. The second-order valence-electron chi connectivity index (χ2n) is 4.47. The van der Waals surface area contributed by atoms with E-state index in [2.05, 4.69) is 5.32 Å². The molecule has 0 aliphatic rings. The number of anilines is 1. The summed E-state index contributed by atoms with van der Waals surface area (Å²) >= 11 is 0. The number of hydrogen-bond donors (Lipinski definition) is 2. The number of nitrogens with one attached hydrogen (secondary N) is 1. The van der Waals surface area contributed by atoms with E-state index >= 15 is 0 Å². The van der Waals surface area contributed by atoms with Crippen molar-refractivity contribution in [3.63, 3.8) is 0 Å². The molecule has 0 aliphatic carbocycles. The minimum Gasteiger partial charge on any atom is -0.493 e.